The van der Waals surface area contributed by atoms with Crippen molar-refractivity contribution >= 4 is 11.8 Å². The van der Waals surface area contributed by atoms with E-state index in [-0.39, 0.29) is 0 Å². The van der Waals surface area contributed by atoms with Gasteiger partial charge in [-0.15, -0.1) is 5.10 Å². The Balaban J connectivity index is 1.76. The van der Waals surface area contributed by atoms with Crippen LogP contribution in [-0.2, 0) is 6.42 Å². The van der Waals surface area contributed by atoms with Crippen molar-refractivity contribution in [3.8, 4) is 11.4 Å². The van der Waals surface area contributed by atoms with Gasteiger partial charge in [-0.25, -0.2) is 0 Å². The van der Waals surface area contributed by atoms with Gasteiger partial charge in [0.25, 0.3) is 0 Å². The van der Waals surface area contributed by atoms with E-state index in [1.54, 1.807) is 23.6 Å². The molecular formula is C16H17N5OS. The zero-order valence-electron chi connectivity index (χ0n) is 13.0. The van der Waals surface area contributed by atoms with E-state index in [4.69, 9.17) is 4.74 Å². The van der Waals surface area contributed by atoms with Gasteiger partial charge in [0.15, 0.2) is 0 Å². The van der Waals surface area contributed by atoms with E-state index in [0.717, 1.165) is 40.0 Å². The summed E-state index contributed by atoms with van der Waals surface area (Å²) in [6, 6.07) is 11.9. The molecule has 3 rings (SSSR count). The fraction of sp³-hybridized carbons (Fsp3) is 0.250. The van der Waals surface area contributed by atoms with Crippen LogP contribution in [0.1, 0.15) is 11.3 Å². The fourth-order valence-corrected chi connectivity index (χ4v) is 3.02. The van der Waals surface area contributed by atoms with Crippen LogP contribution in [0, 0.1) is 6.92 Å². The van der Waals surface area contributed by atoms with Crippen molar-refractivity contribution in [3.05, 3.63) is 53.9 Å². The molecule has 0 saturated heterocycles. The molecule has 1 aromatic carbocycles. The van der Waals surface area contributed by atoms with Crippen LogP contribution in [0.3, 0.4) is 0 Å². The molecule has 0 atom stereocenters. The maximum Gasteiger partial charge on any atom is 0.214 e. The van der Waals surface area contributed by atoms with E-state index >= 15 is 0 Å². The average Bonchev–Trinajstić information content (AvgIpc) is 3.04. The van der Waals surface area contributed by atoms with Gasteiger partial charge in [-0.3, -0.25) is 4.98 Å². The number of thioether (sulfide) groups is 1. The molecule has 0 aliphatic heterocycles. The van der Waals surface area contributed by atoms with Gasteiger partial charge in [-0.2, -0.15) is 4.68 Å². The molecule has 0 radical (unpaired) electrons. The molecule has 0 bridgehead atoms. The summed E-state index contributed by atoms with van der Waals surface area (Å²) >= 11 is 1.60. The van der Waals surface area contributed by atoms with Crippen molar-refractivity contribution < 1.29 is 4.74 Å². The second-order valence-corrected chi connectivity index (χ2v) is 6.03. The van der Waals surface area contributed by atoms with Gasteiger partial charge >= 0.3 is 0 Å². The first-order valence-electron chi connectivity index (χ1n) is 7.24. The molecule has 0 aliphatic carbocycles. The van der Waals surface area contributed by atoms with Gasteiger partial charge < -0.3 is 4.74 Å². The lowest BCUT2D eigenvalue weighted by Crippen LogP contribution is -2.03. The van der Waals surface area contributed by atoms with Gasteiger partial charge in [0.2, 0.25) is 5.16 Å². The molecule has 0 amide bonds. The number of benzene rings is 1. The van der Waals surface area contributed by atoms with E-state index in [9.17, 15) is 0 Å². The Labute approximate surface area is 138 Å². The van der Waals surface area contributed by atoms with Crippen LogP contribution in [0.5, 0.6) is 5.75 Å². The Morgan fingerprint density at radius 2 is 2.13 bits per heavy atom. The monoisotopic (exact) mass is 327 g/mol. The summed E-state index contributed by atoms with van der Waals surface area (Å²) in [5.41, 5.74) is 3.03. The first-order chi connectivity index (χ1) is 11.3. The van der Waals surface area contributed by atoms with Crippen molar-refractivity contribution in [1.82, 2.24) is 25.2 Å². The number of rotatable bonds is 6. The number of hydrogen-bond acceptors (Lipinski definition) is 6. The number of pyridine rings is 1. The summed E-state index contributed by atoms with van der Waals surface area (Å²) in [6.07, 6.45) is 2.67. The molecule has 23 heavy (non-hydrogen) atoms. The third-order valence-electron chi connectivity index (χ3n) is 3.32. The summed E-state index contributed by atoms with van der Waals surface area (Å²) in [5, 5.41) is 12.8. The lowest BCUT2D eigenvalue weighted by atomic mass is 10.2. The van der Waals surface area contributed by atoms with Crippen molar-refractivity contribution in [2.45, 2.75) is 18.5 Å². The predicted molar refractivity (Wildman–Crippen MR) is 89.1 cm³/mol. The maximum atomic E-state index is 5.42. The number of hydrogen-bond donors (Lipinski definition) is 0. The van der Waals surface area contributed by atoms with Gasteiger partial charge in [-0.1, -0.05) is 23.9 Å². The van der Waals surface area contributed by atoms with Crippen molar-refractivity contribution in [2.75, 3.05) is 12.9 Å². The van der Waals surface area contributed by atoms with E-state index in [2.05, 4.69) is 20.5 Å². The number of aromatic nitrogens is 5. The van der Waals surface area contributed by atoms with Crippen LogP contribution >= 0.6 is 11.8 Å². The lowest BCUT2D eigenvalue weighted by Gasteiger charge is -2.10. The Bertz CT molecular complexity index is 775. The van der Waals surface area contributed by atoms with Crippen molar-refractivity contribution in [2.24, 2.45) is 0 Å². The summed E-state index contributed by atoms with van der Waals surface area (Å²) in [5.74, 6) is 1.60. The van der Waals surface area contributed by atoms with E-state index in [1.165, 1.54) is 0 Å². The minimum absolute atomic E-state index is 0.741. The van der Waals surface area contributed by atoms with Gasteiger partial charge in [0, 0.05) is 17.6 Å². The largest absolute Gasteiger partial charge is 0.494 e. The summed E-state index contributed by atoms with van der Waals surface area (Å²) < 4.78 is 7.13. The van der Waals surface area contributed by atoms with Crippen molar-refractivity contribution in [3.63, 3.8) is 0 Å². The Morgan fingerprint density at radius 3 is 2.91 bits per heavy atom. The number of methoxy groups -OCH3 is 1. The molecule has 2 heterocycles. The molecule has 6 nitrogen and oxygen atoms in total. The number of tetrazole rings is 1. The lowest BCUT2D eigenvalue weighted by molar-refractivity contribution is 0.410. The summed E-state index contributed by atoms with van der Waals surface area (Å²) in [6.45, 7) is 2.03. The highest BCUT2D eigenvalue weighted by Crippen LogP contribution is 2.27. The number of aryl methyl sites for hydroxylation is 2. The van der Waals surface area contributed by atoms with Crippen LogP contribution in [0.4, 0.5) is 0 Å². The third kappa shape index (κ3) is 3.68. The quantitative estimate of drug-likeness (QED) is 0.649. The highest BCUT2D eigenvalue weighted by molar-refractivity contribution is 7.99. The third-order valence-corrected chi connectivity index (χ3v) is 4.24. The van der Waals surface area contributed by atoms with Gasteiger partial charge in [0.1, 0.15) is 11.4 Å². The standard InChI is InChI=1S/C16H17N5OS/c1-12-6-7-15(22-2)14(11-12)21-16(18-19-20-21)23-10-8-13-5-3-4-9-17-13/h3-7,9,11H,8,10H2,1-2H3. The first-order valence-corrected chi connectivity index (χ1v) is 8.22. The highest BCUT2D eigenvalue weighted by Gasteiger charge is 2.13. The topological polar surface area (TPSA) is 65.7 Å². The molecule has 0 N–H and O–H groups in total. The van der Waals surface area contributed by atoms with E-state index in [1.807, 2.05) is 49.5 Å². The zero-order valence-corrected chi connectivity index (χ0v) is 13.8. The molecule has 2 aromatic heterocycles. The second-order valence-electron chi connectivity index (χ2n) is 4.97. The molecular weight excluding hydrogens is 310 g/mol. The minimum Gasteiger partial charge on any atom is -0.494 e. The Kier molecular flexibility index (Phi) is 4.87. The molecule has 0 spiro atoms. The van der Waals surface area contributed by atoms with Crippen molar-refractivity contribution in [1.29, 1.82) is 0 Å². The fourth-order valence-electron chi connectivity index (χ4n) is 2.18. The Hall–Kier alpha value is -2.41. The molecule has 0 unspecified atom stereocenters. The van der Waals surface area contributed by atoms with Crippen LogP contribution in [-0.4, -0.2) is 38.1 Å². The second kappa shape index (κ2) is 7.23. The summed E-state index contributed by atoms with van der Waals surface area (Å²) in [4.78, 5) is 4.33. The molecule has 0 fully saturated rings. The maximum absolute atomic E-state index is 5.42. The van der Waals surface area contributed by atoms with Crippen LogP contribution < -0.4 is 4.74 Å². The van der Waals surface area contributed by atoms with Crippen LogP contribution in [0.2, 0.25) is 0 Å². The first kappa shape index (κ1) is 15.5. The molecule has 3 aromatic rings. The normalized spacial score (nSPS) is 10.7. The zero-order chi connectivity index (χ0) is 16.1. The number of ether oxygens (including phenoxy) is 1. The van der Waals surface area contributed by atoms with Gasteiger partial charge in [0.05, 0.1) is 7.11 Å². The predicted octanol–water partition coefficient (Wildman–Crippen LogP) is 2.71. The molecule has 0 aliphatic rings. The minimum atomic E-state index is 0.741. The SMILES string of the molecule is COc1ccc(C)cc1-n1nnnc1SCCc1ccccn1. The Morgan fingerprint density at radius 1 is 1.22 bits per heavy atom. The number of nitrogens with zero attached hydrogens (tertiary/aromatic N) is 5. The van der Waals surface area contributed by atoms with E-state index in [0.29, 0.717) is 0 Å². The highest BCUT2D eigenvalue weighted by atomic mass is 32.2. The van der Waals surface area contributed by atoms with Crippen LogP contribution in [0.25, 0.3) is 5.69 Å². The van der Waals surface area contributed by atoms with Crippen LogP contribution in [0.15, 0.2) is 47.8 Å². The smallest absolute Gasteiger partial charge is 0.214 e. The average molecular weight is 327 g/mol. The summed E-state index contributed by atoms with van der Waals surface area (Å²) in [7, 11) is 1.65. The van der Waals surface area contributed by atoms with Gasteiger partial charge in [-0.05, 0) is 53.6 Å². The molecule has 7 heteroatoms. The molecule has 118 valence electrons. The van der Waals surface area contributed by atoms with E-state index < -0.39 is 0 Å². The molecule has 0 saturated carbocycles.